The second kappa shape index (κ2) is 16.1. The van der Waals surface area contributed by atoms with Crippen molar-refractivity contribution in [3.63, 3.8) is 0 Å². The molecule has 3 rings (SSSR count). The maximum absolute atomic E-state index is 12.8. The Labute approximate surface area is 242 Å². The molecule has 2 aromatic carbocycles. The first kappa shape index (κ1) is 32.0. The Kier molecular flexibility index (Phi) is 12.9. The number of aryl methyl sites for hydroxylation is 1. The molecule has 5 nitrogen and oxygen atoms in total. The van der Waals surface area contributed by atoms with E-state index in [9.17, 15) is 8.42 Å². The van der Waals surface area contributed by atoms with Crippen molar-refractivity contribution in [1.29, 1.82) is 0 Å². The molecule has 1 aliphatic rings. The normalized spacial score (nSPS) is 20.1. The van der Waals surface area contributed by atoms with Crippen LogP contribution in [0.25, 0.3) is 0 Å². The van der Waals surface area contributed by atoms with E-state index in [0.29, 0.717) is 19.6 Å². The highest BCUT2D eigenvalue weighted by Gasteiger charge is 2.35. The number of allylic oxidation sites excluding steroid dienone is 5. The Bertz CT molecular complexity index is 1240. The van der Waals surface area contributed by atoms with Gasteiger partial charge in [0, 0.05) is 5.92 Å². The summed E-state index contributed by atoms with van der Waals surface area (Å²) in [6.07, 6.45) is 11.2. The monoisotopic (exact) mass is 566 g/mol. The summed E-state index contributed by atoms with van der Waals surface area (Å²) in [6.45, 7) is 11.5. The molecule has 1 heterocycles. The van der Waals surface area contributed by atoms with Gasteiger partial charge in [-0.2, -0.15) is 8.42 Å². The Morgan fingerprint density at radius 1 is 0.900 bits per heavy atom. The van der Waals surface area contributed by atoms with Gasteiger partial charge in [0.1, 0.15) is 0 Å². The first-order valence-electron chi connectivity index (χ1n) is 14.3. The van der Waals surface area contributed by atoms with E-state index in [1.165, 1.54) is 16.7 Å². The molecular weight excluding hydrogens is 520 g/mol. The first-order valence-corrected chi connectivity index (χ1v) is 15.7. The molecule has 40 heavy (non-hydrogen) atoms. The highest BCUT2D eigenvalue weighted by molar-refractivity contribution is 7.86. The highest BCUT2D eigenvalue weighted by Crippen LogP contribution is 2.31. The van der Waals surface area contributed by atoms with Gasteiger partial charge in [-0.1, -0.05) is 83.0 Å². The van der Waals surface area contributed by atoms with Crippen LogP contribution >= 0.6 is 0 Å². The van der Waals surface area contributed by atoms with Crippen LogP contribution in [-0.4, -0.2) is 33.8 Å². The van der Waals surface area contributed by atoms with E-state index in [0.717, 1.165) is 36.8 Å². The zero-order valence-corrected chi connectivity index (χ0v) is 25.6. The fourth-order valence-electron chi connectivity index (χ4n) is 4.74. The second-order valence-corrected chi connectivity index (χ2v) is 12.8. The lowest BCUT2D eigenvalue weighted by atomic mass is 9.97. The lowest BCUT2D eigenvalue weighted by molar-refractivity contribution is -0.0102. The van der Waals surface area contributed by atoms with E-state index >= 15 is 0 Å². The van der Waals surface area contributed by atoms with Gasteiger partial charge in [-0.15, -0.1) is 0 Å². The van der Waals surface area contributed by atoms with Crippen molar-refractivity contribution < 1.29 is 22.1 Å². The molecule has 0 N–H and O–H groups in total. The summed E-state index contributed by atoms with van der Waals surface area (Å²) in [5.41, 5.74) is 6.11. The molecule has 0 aliphatic carbocycles. The molecule has 0 aromatic heterocycles. The zero-order valence-electron chi connectivity index (χ0n) is 24.8. The van der Waals surface area contributed by atoms with Gasteiger partial charge >= 0.3 is 0 Å². The smallest absolute Gasteiger partial charge is 0.296 e. The summed E-state index contributed by atoms with van der Waals surface area (Å²) in [5.74, 6) is -0.0816. The summed E-state index contributed by atoms with van der Waals surface area (Å²) in [6, 6.07) is 16.8. The number of rotatable bonds is 15. The van der Waals surface area contributed by atoms with Crippen LogP contribution in [0.3, 0.4) is 0 Å². The van der Waals surface area contributed by atoms with Crippen LogP contribution in [0.2, 0.25) is 0 Å². The fraction of sp³-hybridized carbons (Fsp3) is 0.471. The topological polar surface area (TPSA) is 61.8 Å². The minimum atomic E-state index is -3.84. The number of ether oxygens (including phenoxy) is 2. The Balaban J connectivity index is 1.60. The lowest BCUT2D eigenvalue weighted by Gasteiger charge is -2.16. The Morgan fingerprint density at radius 3 is 2.27 bits per heavy atom. The van der Waals surface area contributed by atoms with Crippen molar-refractivity contribution in [3.05, 3.63) is 101 Å². The number of hydrogen-bond donors (Lipinski definition) is 0. The molecule has 2 aromatic rings. The summed E-state index contributed by atoms with van der Waals surface area (Å²) in [5, 5.41) is 0. The maximum atomic E-state index is 12.8. The average Bonchev–Trinajstić information content (AvgIpc) is 3.29. The number of hydrogen-bond acceptors (Lipinski definition) is 5. The summed E-state index contributed by atoms with van der Waals surface area (Å²) < 4.78 is 43.6. The lowest BCUT2D eigenvalue weighted by Crippen LogP contribution is -2.21. The molecular formula is C34H46O5S. The molecule has 1 saturated heterocycles. The van der Waals surface area contributed by atoms with E-state index in [1.807, 2.05) is 37.3 Å². The van der Waals surface area contributed by atoms with Crippen molar-refractivity contribution in [2.75, 3.05) is 13.2 Å². The predicted octanol–water partition coefficient (Wildman–Crippen LogP) is 8.11. The molecule has 0 spiro atoms. The quantitative estimate of drug-likeness (QED) is 0.161. The Hall–Kier alpha value is -2.51. The third kappa shape index (κ3) is 11.2. The fourth-order valence-corrected chi connectivity index (χ4v) is 5.70. The van der Waals surface area contributed by atoms with Gasteiger partial charge in [0.05, 0.1) is 36.9 Å². The predicted molar refractivity (Wildman–Crippen MR) is 163 cm³/mol. The molecule has 0 radical (unpaired) electrons. The van der Waals surface area contributed by atoms with Crippen LogP contribution in [0.1, 0.15) is 70.9 Å². The third-order valence-corrected chi connectivity index (χ3v) is 8.41. The molecule has 0 amide bonds. The maximum Gasteiger partial charge on any atom is 0.296 e. The van der Waals surface area contributed by atoms with E-state index in [4.69, 9.17) is 13.7 Å². The van der Waals surface area contributed by atoms with E-state index < -0.39 is 10.1 Å². The minimum absolute atomic E-state index is 0.0726. The molecule has 0 unspecified atom stereocenters. The van der Waals surface area contributed by atoms with Crippen molar-refractivity contribution in [2.24, 2.45) is 5.92 Å². The molecule has 0 bridgehead atoms. The van der Waals surface area contributed by atoms with Crippen LogP contribution in [0.4, 0.5) is 0 Å². The van der Waals surface area contributed by atoms with Gasteiger partial charge in [0.25, 0.3) is 10.1 Å². The first-order chi connectivity index (χ1) is 19.1. The second-order valence-electron chi connectivity index (χ2n) is 11.2. The zero-order chi connectivity index (χ0) is 29.0. The van der Waals surface area contributed by atoms with E-state index in [2.05, 4.69) is 45.9 Å². The van der Waals surface area contributed by atoms with Crippen LogP contribution in [0.5, 0.6) is 0 Å². The van der Waals surface area contributed by atoms with Gasteiger partial charge in [0.15, 0.2) is 0 Å². The largest absolute Gasteiger partial charge is 0.374 e. The van der Waals surface area contributed by atoms with Crippen LogP contribution in [0, 0.1) is 12.8 Å². The van der Waals surface area contributed by atoms with E-state index in [-0.39, 0.29) is 29.6 Å². The van der Waals surface area contributed by atoms with Crippen molar-refractivity contribution in [3.8, 4) is 0 Å². The summed E-state index contributed by atoms with van der Waals surface area (Å²) >= 11 is 0. The van der Waals surface area contributed by atoms with Gasteiger partial charge in [-0.05, 0) is 84.4 Å². The van der Waals surface area contributed by atoms with Crippen LogP contribution in [0.15, 0.2) is 94.4 Å². The van der Waals surface area contributed by atoms with Crippen molar-refractivity contribution >= 4 is 10.1 Å². The summed E-state index contributed by atoms with van der Waals surface area (Å²) in [4.78, 5) is 0.176. The molecule has 1 aliphatic heterocycles. The van der Waals surface area contributed by atoms with Gasteiger partial charge in [-0.25, -0.2) is 0 Å². The number of benzene rings is 2. The third-order valence-electron chi connectivity index (χ3n) is 7.11. The average molecular weight is 567 g/mol. The molecule has 0 saturated carbocycles. The molecule has 218 valence electrons. The van der Waals surface area contributed by atoms with Gasteiger partial charge in [-0.3, -0.25) is 4.18 Å². The SMILES string of the molecule is CC(C)=CCC/C(C)=C/CC/C(C)=C/[C@H]1O[C@@H](COCc2ccccc2)C[C@@H]1COS(=O)(=O)c1ccc(C)cc1. The van der Waals surface area contributed by atoms with Gasteiger partial charge < -0.3 is 9.47 Å². The summed E-state index contributed by atoms with van der Waals surface area (Å²) in [7, 11) is -3.84. The van der Waals surface area contributed by atoms with Gasteiger partial charge in [0.2, 0.25) is 0 Å². The highest BCUT2D eigenvalue weighted by atomic mass is 32.2. The van der Waals surface area contributed by atoms with Crippen molar-refractivity contribution in [2.45, 2.75) is 90.4 Å². The minimum Gasteiger partial charge on any atom is -0.374 e. The van der Waals surface area contributed by atoms with Crippen LogP contribution in [-0.2, 0) is 30.4 Å². The Morgan fingerprint density at radius 2 is 1.57 bits per heavy atom. The van der Waals surface area contributed by atoms with Crippen molar-refractivity contribution in [1.82, 2.24) is 0 Å². The molecule has 1 fully saturated rings. The molecule has 6 heteroatoms. The van der Waals surface area contributed by atoms with E-state index in [1.54, 1.807) is 24.3 Å². The van der Waals surface area contributed by atoms with Crippen LogP contribution < -0.4 is 0 Å². The standard InChI is InChI=1S/C34H46O5S/c1-26(2)11-9-12-27(3)13-10-14-29(5)21-34-31(24-38-40(35,36)33-19-17-28(4)18-20-33)22-32(39-34)25-37-23-30-15-7-6-8-16-30/h6-8,11,13,15-21,31-32,34H,9-10,12,14,22-25H2,1-5H3/b27-13+,29-21+/t31-,32-,34-/m1/s1. The molecule has 3 atom stereocenters.